The molecule has 0 fully saturated rings. The van der Waals surface area contributed by atoms with Crippen molar-refractivity contribution in [2.75, 3.05) is 5.75 Å². The van der Waals surface area contributed by atoms with Crippen LogP contribution in [0.1, 0.15) is 6.92 Å². The first kappa shape index (κ1) is 19.4. The predicted octanol–water partition coefficient (Wildman–Crippen LogP) is 2.69. The molecule has 0 aromatic carbocycles. The van der Waals surface area contributed by atoms with E-state index < -0.39 is 43.9 Å². The van der Waals surface area contributed by atoms with Crippen molar-refractivity contribution < 1.29 is 48.3 Å². The van der Waals surface area contributed by atoms with Crippen LogP contribution in [0.2, 0.25) is 0 Å². The fraction of sp³-hybridized carbons (Fsp3) is 0.857. The molecule has 3 nitrogen and oxygen atoms in total. The second-order valence-corrected chi connectivity index (χ2v) is 6.13. The first-order valence-corrected chi connectivity index (χ1v) is 6.36. The minimum absolute atomic E-state index is 0.389. The maximum absolute atomic E-state index is 13.0. The number of sulfone groups is 1. The summed E-state index contributed by atoms with van der Waals surface area (Å²) in [5, 5.41) is -12.8. The van der Waals surface area contributed by atoms with Gasteiger partial charge in [-0.25, -0.2) is 8.42 Å². The Bertz CT molecular complexity index is 495. The van der Waals surface area contributed by atoms with Gasteiger partial charge in [0.05, 0.1) is 0 Å². The fourth-order valence-corrected chi connectivity index (χ4v) is 2.27. The summed E-state index contributed by atoms with van der Waals surface area (Å²) in [5.74, 6) is -17.7. The summed E-state index contributed by atoms with van der Waals surface area (Å²) in [4.78, 5) is 10.4. The monoisotopic (exact) mass is 356 g/mol. The minimum atomic E-state index is -7.04. The van der Waals surface area contributed by atoms with Crippen molar-refractivity contribution in [3.63, 3.8) is 0 Å². The summed E-state index contributed by atoms with van der Waals surface area (Å²) in [6, 6.07) is 0. The molecule has 20 heavy (non-hydrogen) atoms. The van der Waals surface area contributed by atoms with Gasteiger partial charge in [0.1, 0.15) is 11.5 Å². The van der Waals surface area contributed by atoms with E-state index in [-0.39, 0.29) is 0 Å². The lowest BCUT2D eigenvalue weighted by atomic mass is 10.2. The van der Waals surface area contributed by atoms with E-state index in [4.69, 9.17) is 0 Å². The largest absolute Gasteiger partial charge is 0.414 e. The van der Waals surface area contributed by atoms with Gasteiger partial charge in [0.25, 0.3) is 0 Å². The highest BCUT2D eigenvalue weighted by Gasteiger charge is 2.84. The Morgan fingerprint density at radius 3 is 1.55 bits per heavy atom. The Balaban J connectivity index is 6.01. The van der Waals surface area contributed by atoms with Gasteiger partial charge in [-0.1, -0.05) is 0 Å². The third-order valence-corrected chi connectivity index (χ3v) is 3.96. The second-order valence-electron chi connectivity index (χ2n) is 3.62. The number of hydrogen-bond acceptors (Lipinski definition) is 3. The normalized spacial score (nSPS) is 15.3. The predicted molar refractivity (Wildman–Crippen MR) is 50.1 cm³/mol. The Labute approximate surface area is 111 Å². The molecule has 0 amide bonds. The van der Waals surface area contributed by atoms with E-state index in [1.807, 2.05) is 0 Å². The highest BCUT2D eigenvalue weighted by Crippen LogP contribution is 2.55. The summed E-state index contributed by atoms with van der Waals surface area (Å²) in [6.45, 7) is 0.389. The van der Waals surface area contributed by atoms with E-state index in [9.17, 15) is 48.3 Å². The van der Waals surface area contributed by atoms with Crippen LogP contribution in [0.15, 0.2) is 0 Å². The van der Waals surface area contributed by atoms with Crippen molar-refractivity contribution >= 4 is 27.2 Å². The van der Waals surface area contributed by atoms with Crippen LogP contribution in [0.4, 0.5) is 35.1 Å². The van der Waals surface area contributed by atoms with Crippen LogP contribution in [0.25, 0.3) is 0 Å². The fourth-order valence-electron chi connectivity index (χ4n) is 0.914. The molecule has 0 radical (unpaired) electrons. The third kappa shape index (κ3) is 2.85. The van der Waals surface area contributed by atoms with Crippen LogP contribution in [0, 0.1) is 0 Å². The third-order valence-electron chi connectivity index (χ3n) is 1.90. The maximum atomic E-state index is 13.0. The summed E-state index contributed by atoms with van der Waals surface area (Å²) in [6.07, 6.45) is 0. The molecule has 0 atom stereocenters. The number of Topliss-reactive ketones (excluding diaryl/α,β-unsaturated/α-hetero) is 1. The highest BCUT2D eigenvalue weighted by molar-refractivity contribution is 7.93. The van der Waals surface area contributed by atoms with E-state index in [1.54, 1.807) is 0 Å². The zero-order chi connectivity index (χ0) is 16.8. The Kier molecular flexibility index (Phi) is 4.81. The molecule has 0 aliphatic rings. The molecule has 0 aliphatic carbocycles. The molecule has 0 spiro atoms. The lowest BCUT2D eigenvalue weighted by molar-refractivity contribution is -0.326. The maximum Gasteiger partial charge on any atom is 0.414 e. The smallest absolute Gasteiger partial charge is 0.299 e. The summed E-state index contributed by atoms with van der Waals surface area (Å²) in [5.41, 5.74) is 0. The van der Waals surface area contributed by atoms with Crippen LogP contribution in [0.5, 0.6) is 0 Å². The topological polar surface area (TPSA) is 51.2 Å². The van der Waals surface area contributed by atoms with Crippen LogP contribution in [-0.4, -0.2) is 42.4 Å². The number of ketones is 1. The van der Waals surface area contributed by atoms with E-state index in [0.717, 1.165) is 0 Å². The molecule has 0 bridgehead atoms. The molecule has 13 heteroatoms. The van der Waals surface area contributed by atoms with Crippen molar-refractivity contribution in [2.24, 2.45) is 0 Å². The van der Waals surface area contributed by atoms with Crippen LogP contribution in [0.3, 0.4) is 0 Å². The lowest BCUT2D eigenvalue weighted by Gasteiger charge is -2.33. The van der Waals surface area contributed by atoms with Gasteiger partial charge >= 0.3 is 22.5 Å². The van der Waals surface area contributed by atoms with Gasteiger partial charge in [0, 0.05) is 0 Å². The van der Waals surface area contributed by atoms with Crippen molar-refractivity contribution in [3.05, 3.63) is 0 Å². The van der Waals surface area contributed by atoms with Crippen molar-refractivity contribution in [3.8, 4) is 0 Å². The van der Waals surface area contributed by atoms with Gasteiger partial charge in [-0.05, 0) is 18.5 Å². The second kappa shape index (κ2) is 4.97. The standard InChI is InChI=1S/C7H5ClF8O3S/c1-3(17)2-20(18,19)7(15,16)5(11,12)4(9,10)6(8,13)14/h2H2,1H3. The number of carbonyl (C=O) groups excluding carboxylic acids is 1. The molecule has 0 saturated heterocycles. The average Bonchev–Trinajstić information content (AvgIpc) is 2.12. The van der Waals surface area contributed by atoms with Gasteiger partial charge in [-0.15, -0.1) is 0 Å². The van der Waals surface area contributed by atoms with Crippen LogP contribution in [-0.2, 0) is 14.6 Å². The number of halogens is 9. The molecule has 0 aliphatic heterocycles. The van der Waals surface area contributed by atoms with Crippen LogP contribution < -0.4 is 0 Å². The average molecular weight is 357 g/mol. The number of hydrogen-bond donors (Lipinski definition) is 0. The quantitative estimate of drug-likeness (QED) is 0.543. The molecular formula is C7H5ClF8O3S. The Hall–Kier alpha value is -0.650. The molecular weight excluding hydrogens is 352 g/mol. The van der Waals surface area contributed by atoms with Gasteiger partial charge in [-0.2, -0.15) is 35.1 Å². The zero-order valence-corrected chi connectivity index (χ0v) is 10.8. The van der Waals surface area contributed by atoms with Crippen LogP contribution >= 0.6 is 11.6 Å². The van der Waals surface area contributed by atoms with E-state index in [1.165, 1.54) is 0 Å². The van der Waals surface area contributed by atoms with E-state index >= 15 is 0 Å². The van der Waals surface area contributed by atoms with Gasteiger partial charge < -0.3 is 0 Å². The van der Waals surface area contributed by atoms with Gasteiger partial charge in [-0.3, -0.25) is 4.79 Å². The van der Waals surface area contributed by atoms with Crippen molar-refractivity contribution in [2.45, 2.75) is 29.4 Å². The SMILES string of the molecule is CC(=O)CS(=O)(=O)C(F)(F)C(F)(F)C(F)(F)C(F)(F)Cl. The molecule has 0 N–H and O–H groups in total. The molecule has 0 saturated carbocycles. The lowest BCUT2D eigenvalue weighted by Crippen LogP contribution is -2.63. The molecule has 0 aromatic rings. The van der Waals surface area contributed by atoms with Gasteiger partial charge in [0.15, 0.2) is 0 Å². The minimum Gasteiger partial charge on any atom is -0.299 e. The number of rotatable bonds is 6. The summed E-state index contributed by atoms with van der Waals surface area (Å²) < 4.78 is 123. The number of carbonyl (C=O) groups is 1. The zero-order valence-electron chi connectivity index (χ0n) is 9.24. The molecule has 0 unspecified atom stereocenters. The molecule has 0 rings (SSSR count). The van der Waals surface area contributed by atoms with Crippen molar-refractivity contribution in [1.82, 2.24) is 0 Å². The highest BCUT2D eigenvalue weighted by atomic mass is 35.5. The molecule has 120 valence electrons. The first-order valence-electron chi connectivity index (χ1n) is 4.33. The summed E-state index contributed by atoms with van der Waals surface area (Å²) in [7, 11) is -6.47. The van der Waals surface area contributed by atoms with Crippen molar-refractivity contribution in [1.29, 1.82) is 0 Å². The first-order chi connectivity index (χ1) is 8.42. The Morgan fingerprint density at radius 1 is 0.950 bits per heavy atom. The van der Waals surface area contributed by atoms with E-state index in [0.29, 0.717) is 6.92 Å². The molecule has 0 aromatic heterocycles. The number of alkyl halides is 9. The summed E-state index contributed by atoms with van der Waals surface area (Å²) >= 11 is 3.61. The molecule has 0 heterocycles. The Morgan fingerprint density at radius 2 is 1.30 bits per heavy atom. The van der Waals surface area contributed by atoms with Gasteiger partial charge in [0.2, 0.25) is 9.84 Å². The van der Waals surface area contributed by atoms with E-state index in [2.05, 4.69) is 11.6 Å².